The van der Waals surface area contributed by atoms with Gasteiger partial charge in [-0.2, -0.15) is 0 Å². The summed E-state index contributed by atoms with van der Waals surface area (Å²) in [6, 6.07) is 0. The summed E-state index contributed by atoms with van der Waals surface area (Å²) in [6.07, 6.45) is 1.86. The molecule has 0 aliphatic carbocycles. The number of hydrogen-bond donors (Lipinski definition) is 1. The summed E-state index contributed by atoms with van der Waals surface area (Å²) in [5.74, 6) is 0.320. The highest BCUT2D eigenvalue weighted by Gasteiger charge is 2.38. The lowest BCUT2D eigenvalue weighted by Gasteiger charge is -2.22. The average molecular weight is 270 g/mol. The van der Waals surface area contributed by atoms with Crippen molar-refractivity contribution in [3.63, 3.8) is 0 Å². The fourth-order valence-electron chi connectivity index (χ4n) is 0.936. The molecular weight excluding hydrogens is 250 g/mol. The van der Waals surface area contributed by atoms with Crippen LogP contribution in [0.4, 0.5) is 0 Å². The van der Waals surface area contributed by atoms with Gasteiger partial charge in [0.1, 0.15) is 4.75 Å². The van der Waals surface area contributed by atoms with Gasteiger partial charge < -0.3 is 5.32 Å². The fourth-order valence-corrected chi connectivity index (χ4v) is 1.72. The quantitative estimate of drug-likeness (QED) is 0.737. The molecule has 1 N–H and O–H groups in total. The van der Waals surface area contributed by atoms with Gasteiger partial charge in [-0.25, -0.2) is 8.42 Å². The Labute approximate surface area is 103 Å². The van der Waals surface area contributed by atoms with Gasteiger partial charge in [0, 0.05) is 18.7 Å². The molecular formula is C10H20ClNO3S. The number of alkyl halides is 1. The molecule has 0 aromatic heterocycles. The number of sulfone groups is 1. The van der Waals surface area contributed by atoms with Crippen molar-refractivity contribution in [1.82, 2.24) is 5.32 Å². The fraction of sp³-hybridized carbons (Fsp3) is 0.900. The van der Waals surface area contributed by atoms with E-state index in [1.54, 1.807) is 0 Å². The Morgan fingerprint density at radius 1 is 1.44 bits per heavy atom. The highest BCUT2D eigenvalue weighted by molar-refractivity contribution is 7.92. The van der Waals surface area contributed by atoms with E-state index in [0.717, 1.165) is 12.7 Å². The van der Waals surface area contributed by atoms with Crippen LogP contribution >= 0.6 is 11.6 Å². The van der Waals surface area contributed by atoms with E-state index in [9.17, 15) is 13.2 Å². The third-order valence-electron chi connectivity index (χ3n) is 2.69. The van der Waals surface area contributed by atoms with Crippen molar-refractivity contribution in [2.75, 3.05) is 18.7 Å². The van der Waals surface area contributed by atoms with Crippen LogP contribution in [0.25, 0.3) is 0 Å². The standard InChI is InChI=1S/C10H20ClNO3S/c1-8(5-6-11)7-12-9(13)10(2,3)16(4,14)15/h8H,5-7H2,1-4H3,(H,12,13). The number of carbonyl (C=O) groups excluding carboxylic acids is 1. The zero-order valence-electron chi connectivity index (χ0n) is 10.2. The molecule has 0 heterocycles. The lowest BCUT2D eigenvalue weighted by molar-refractivity contribution is -0.123. The zero-order chi connectivity index (χ0) is 13.0. The number of hydrogen-bond acceptors (Lipinski definition) is 3. The van der Waals surface area contributed by atoms with Crippen LogP contribution in [-0.2, 0) is 14.6 Å². The zero-order valence-corrected chi connectivity index (χ0v) is 11.8. The van der Waals surface area contributed by atoms with Crippen LogP contribution in [0.5, 0.6) is 0 Å². The number of rotatable bonds is 6. The molecule has 1 unspecified atom stereocenters. The molecule has 0 bridgehead atoms. The van der Waals surface area contributed by atoms with Crippen molar-refractivity contribution in [3.8, 4) is 0 Å². The van der Waals surface area contributed by atoms with Crippen LogP contribution in [0.15, 0.2) is 0 Å². The largest absolute Gasteiger partial charge is 0.354 e. The van der Waals surface area contributed by atoms with Crippen molar-refractivity contribution in [2.45, 2.75) is 31.9 Å². The van der Waals surface area contributed by atoms with Crippen molar-refractivity contribution in [2.24, 2.45) is 5.92 Å². The summed E-state index contributed by atoms with van der Waals surface area (Å²) >= 11 is 5.57. The monoisotopic (exact) mass is 269 g/mol. The highest BCUT2D eigenvalue weighted by Crippen LogP contribution is 2.15. The van der Waals surface area contributed by atoms with E-state index in [1.165, 1.54) is 13.8 Å². The topological polar surface area (TPSA) is 63.2 Å². The first kappa shape index (κ1) is 15.7. The molecule has 0 aliphatic rings. The SMILES string of the molecule is CC(CCCl)CNC(=O)C(C)(C)S(C)(=O)=O. The van der Waals surface area contributed by atoms with Gasteiger partial charge >= 0.3 is 0 Å². The average Bonchev–Trinajstić information content (AvgIpc) is 2.12. The summed E-state index contributed by atoms with van der Waals surface area (Å²) in [7, 11) is -3.40. The molecule has 0 saturated carbocycles. The van der Waals surface area contributed by atoms with Gasteiger partial charge in [-0.15, -0.1) is 11.6 Å². The summed E-state index contributed by atoms with van der Waals surface area (Å²) in [5, 5.41) is 2.64. The number of nitrogens with one attached hydrogen (secondary N) is 1. The van der Waals surface area contributed by atoms with Crippen molar-refractivity contribution in [1.29, 1.82) is 0 Å². The molecule has 0 aromatic carbocycles. The molecule has 16 heavy (non-hydrogen) atoms. The number of amides is 1. The molecule has 1 atom stereocenters. The van der Waals surface area contributed by atoms with Gasteiger partial charge in [-0.05, 0) is 26.2 Å². The van der Waals surface area contributed by atoms with E-state index in [2.05, 4.69) is 5.32 Å². The second kappa shape index (κ2) is 5.87. The molecule has 0 saturated heterocycles. The predicted octanol–water partition coefficient (Wildman–Crippen LogP) is 1.19. The highest BCUT2D eigenvalue weighted by atomic mass is 35.5. The minimum absolute atomic E-state index is 0.247. The van der Waals surface area contributed by atoms with Crippen LogP contribution in [0, 0.1) is 5.92 Å². The van der Waals surface area contributed by atoms with E-state index in [4.69, 9.17) is 11.6 Å². The van der Waals surface area contributed by atoms with Crippen LogP contribution in [0.2, 0.25) is 0 Å². The van der Waals surface area contributed by atoms with Crippen molar-refractivity contribution in [3.05, 3.63) is 0 Å². The van der Waals surface area contributed by atoms with Gasteiger partial charge in [-0.1, -0.05) is 6.92 Å². The Kier molecular flexibility index (Phi) is 5.76. The first-order valence-electron chi connectivity index (χ1n) is 5.16. The maximum atomic E-state index is 11.7. The number of carbonyl (C=O) groups is 1. The molecule has 0 aromatic rings. The summed E-state index contributed by atoms with van der Waals surface area (Å²) in [5.41, 5.74) is 0. The first-order chi connectivity index (χ1) is 7.13. The summed E-state index contributed by atoms with van der Waals surface area (Å²) in [6.45, 7) is 5.22. The summed E-state index contributed by atoms with van der Waals surface area (Å²) in [4.78, 5) is 11.7. The lowest BCUT2D eigenvalue weighted by atomic mass is 10.1. The second-order valence-electron chi connectivity index (χ2n) is 4.58. The molecule has 0 radical (unpaired) electrons. The summed E-state index contributed by atoms with van der Waals surface area (Å²) < 4.78 is 21.4. The maximum Gasteiger partial charge on any atom is 0.240 e. The Hall–Kier alpha value is -0.290. The van der Waals surface area contributed by atoms with Crippen LogP contribution in [-0.4, -0.2) is 37.8 Å². The molecule has 4 nitrogen and oxygen atoms in total. The van der Waals surface area contributed by atoms with Gasteiger partial charge in [0.15, 0.2) is 9.84 Å². The molecule has 0 fully saturated rings. The van der Waals surface area contributed by atoms with Gasteiger partial charge in [0.2, 0.25) is 5.91 Å². The van der Waals surface area contributed by atoms with E-state index in [0.29, 0.717) is 12.4 Å². The molecule has 96 valence electrons. The van der Waals surface area contributed by atoms with Crippen LogP contribution in [0.1, 0.15) is 27.2 Å². The van der Waals surface area contributed by atoms with Crippen molar-refractivity contribution < 1.29 is 13.2 Å². The Balaban J connectivity index is 4.38. The normalized spacial score (nSPS) is 14.6. The molecule has 0 aliphatic heterocycles. The number of halogens is 1. The van der Waals surface area contributed by atoms with Crippen molar-refractivity contribution >= 4 is 27.3 Å². The van der Waals surface area contributed by atoms with Gasteiger partial charge in [0.25, 0.3) is 0 Å². The lowest BCUT2D eigenvalue weighted by Crippen LogP contribution is -2.48. The van der Waals surface area contributed by atoms with E-state index in [-0.39, 0.29) is 5.92 Å². The first-order valence-corrected chi connectivity index (χ1v) is 7.59. The predicted molar refractivity (Wildman–Crippen MR) is 66.4 cm³/mol. The van der Waals surface area contributed by atoms with Crippen LogP contribution in [0.3, 0.4) is 0 Å². The van der Waals surface area contributed by atoms with Gasteiger partial charge in [0.05, 0.1) is 0 Å². The minimum atomic E-state index is -3.40. The van der Waals surface area contributed by atoms with E-state index < -0.39 is 20.5 Å². The molecule has 6 heteroatoms. The van der Waals surface area contributed by atoms with Gasteiger partial charge in [-0.3, -0.25) is 4.79 Å². The third kappa shape index (κ3) is 4.29. The Morgan fingerprint density at radius 3 is 2.31 bits per heavy atom. The maximum absolute atomic E-state index is 11.7. The molecule has 1 amide bonds. The molecule has 0 spiro atoms. The smallest absolute Gasteiger partial charge is 0.240 e. The molecule has 0 rings (SSSR count). The Bertz CT molecular complexity index is 338. The van der Waals surface area contributed by atoms with Crippen LogP contribution < -0.4 is 5.32 Å². The van der Waals surface area contributed by atoms with E-state index in [1.807, 2.05) is 6.92 Å². The Morgan fingerprint density at radius 2 is 1.94 bits per heavy atom. The second-order valence-corrected chi connectivity index (χ2v) is 7.52. The van der Waals surface area contributed by atoms with E-state index >= 15 is 0 Å². The minimum Gasteiger partial charge on any atom is -0.354 e. The third-order valence-corrected chi connectivity index (χ3v) is 4.94.